The van der Waals surface area contributed by atoms with Crippen LogP contribution in [0.25, 0.3) is 5.76 Å². The molecule has 0 aromatic heterocycles. The summed E-state index contributed by atoms with van der Waals surface area (Å²) in [6.07, 6.45) is 0. The van der Waals surface area contributed by atoms with Gasteiger partial charge in [-0.2, -0.15) is 0 Å². The van der Waals surface area contributed by atoms with Crippen LogP contribution in [-0.2, 0) is 16.1 Å². The highest BCUT2D eigenvalue weighted by atomic mass is 19.1. The SMILES string of the molecule is Cc1cc(/C(O)=C2/C(=O)C(=O)N(Cc3ccc(F)cc3)C2c2ccc(O)cc2)ccc1F. The van der Waals surface area contributed by atoms with Gasteiger partial charge in [-0.1, -0.05) is 24.3 Å². The molecule has 5 nitrogen and oxygen atoms in total. The molecule has 32 heavy (non-hydrogen) atoms. The van der Waals surface area contributed by atoms with Crippen LogP contribution in [0.1, 0.15) is 28.3 Å². The molecule has 2 N–H and O–H groups in total. The van der Waals surface area contributed by atoms with Crippen LogP contribution in [-0.4, -0.2) is 26.8 Å². The van der Waals surface area contributed by atoms with Crippen molar-refractivity contribution < 1.29 is 28.6 Å². The zero-order chi connectivity index (χ0) is 23.0. The number of hydrogen-bond donors (Lipinski definition) is 2. The Hall–Kier alpha value is -4.00. The summed E-state index contributed by atoms with van der Waals surface area (Å²) in [4.78, 5) is 27.2. The van der Waals surface area contributed by atoms with Crippen LogP contribution in [0.4, 0.5) is 8.78 Å². The Balaban J connectivity index is 1.86. The summed E-state index contributed by atoms with van der Waals surface area (Å²) in [7, 11) is 0. The number of amides is 1. The van der Waals surface area contributed by atoms with Crippen molar-refractivity contribution in [3.8, 4) is 5.75 Å². The third-order valence-corrected chi connectivity index (χ3v) is 5.45. The number of carbonyl (C=O) groups is 2. The van der Waals surface area contributed by atoms with Gasteiger partial charge in [0.1, 0.15) is 23.1 Å². The van der Waals surface area contributed by atoms with Gasteiger partial charge in [0.25, 0.3) is 11.7 Å². The molecule has 1 saturated heterocycles. The summed E-state index contributed by atoms with van der Waals surface area (Å²) >= 11 is 0. The summed E-state index contributed by atoms with van der Waals surface area (Å²) in [5.74, 6) is -3.03. The van der Waals surface area contributed by atoms with Gasteiger partial charge in [-0.05, 0) is 66.1 Å². The number of aliphatic hydroxyl groups excluding tert-OH is 1. The quantitative estimate of drug-likeness (QED) is 0.357. The van der Waals surface area contributed by atoms with E-state index in [0.717, 1.165) is 0 Å². The second kappa shape index (κ2) is 8.26. The Kier molecular flexibility index (Phi) is 5.48. The van der Waals surface area contributed by atoms with E-state index in [0.29, 0.717) is 11.1 Å². The number of halogens is 2. The Bertz CT molecular complexity index is 1230. The average Bonchev–Trinajstić information content (AvgIpc) is 3.02. The first-order valence-corrected chi connectivity index (χ1v) is 9.84. The number of aryl methyl sites for hydroxylation is 1. The Morgan fingerprint density at radius 3 is 2.25 bits per heavy atom. The molecule has 0 saturated carbocycles. The van der Waals surface area contributed by atoms with Gasteiger partial charge in [0.05, 0.1) is 11.6 Å². The van der Waals surface area contributed by atoms with Crippen molar-refractivity contribution in [2.75, 3.05) is 0 Å². The lowest BCUT2D eigenvalue weighted by molar-refractivity contribution is -0.140. The smallest absolute Gasteiger partial charge is 0.295 e. The lowest BCUT2D eigenvalue weighted by Gasteiger charge is -2.25. The third kappa shape index (κ3) is 3.85. The number of nitrogens with zero attached hydrogens (tertiary/aromatic N) is 1. The predicted octanol–water partition coefficient (Wildman–Crippen LogP) is 4.60. The minimum Gasteiger partial charge on any atom is -0.508 e. The number of phenolic OH excluding ortho intramolecular Hbond substituents is 1. The largest absolute Gasteiger partial charge is 0.508 e. The summed E-state index contributed by atoms with van der Waals surface area (Å²) in [6.45, 7) is 1.52. The number of likely N-dealkylation sites (tertiary alicyclic amines) is 1. The zero-order valence-corrected chi connectivity index (χ0v) is 17.0. The lowest BCUT2D eigenvalue weighted by atomic mass is 9.94. The molecule has 1 aliphatic heterocycles. The Morgan fingerprint density at radius 2 is 1.62 bits per heavy atom. The number of rotatable bonds is 4. The molecule has 0 aliphatic carbocycles. The van der Waals surface area contributed by atoms with E-state index < -0.39 is 35.1 Å². The van der Waals surface area contributed by atoms with Crippen LogP contribution in [0.2, 0.25) is 0 Å². The molecule has 1 atom stereocenters. The average molecular weight is 435 g/mol. The number of hydrogen-bond acceptors (Lipinski definition) is 4. The molecule has 162 valence electrons. The van der Waals surface area contributed by atoms with E-state index in [-0.39, 0.29) is 29.0 Å². The van der Waals surface area contributed by atoms with Gasteiger partial charge in [-0.3, -0.25) is 9.59 Å². The van der Waals surface area contributed by atoms with Crippen molar-refractivity contribution in [1.82, 2.24) is 4.90 Å². The standard InChI is InChI=1S/C25H19F2NO4/c1-14-12-17(6-11-20(14)27)23(30)21-22(16-4-9-19(29)10-5-16)28(25(32)24(21)31)13-15-2-7-18(26)8-3-15/h2-12,22,29-30H,13H2,1H3/b23-21-. The summed E-state index contributed by atoms with van der Waals surface area (Å²) in [5.41, 5.74) is 1.41. The second-order valence-corrected chi connectivity index (χ2v) is 7.61. The fourth-order valence-corrected chi connectivity index (χ4v) is 3.78. The van der Waals surface area contributed by atoms with Crippen LogP contribution in [0.3, 0.4) is 0 Å². The Morgan fingerprint density at radius 1 is 0.969 bits per heavy atom. The van der Waals surface area contributed by atoms with E-state index in [1.54, 1.807) is 12.1 Å². The minimum absolute atomic E-state index is 0.00149. The summed E-state index contributed by atoms with van der Waals surface area (Å²) < 4.78 is 27.0. The molecule has 0 spiro atoms. The molecule has 0 radical (unpaired) electrons. The summed E-state index contributed by atoms with van der Waals surface area (Å²) in [5, 5.41) is 20.6. The maximum absolute atomic E-state index is 13.7. The molecule has 1 fully saturated rings. The Labute approximate surface area is 182 Å². The van der Waals surface area contributed by atoms with Crippen LogP contribution < -0.4 is 0 Å². The van der Waals surface area contributed by atoms with Gasteiger partial charge in [-0.15, -0.1) is 0 Å². The molecule has 3 aromatic carbocycles. The van der Waals surface area contributed by atoms with Crippen molar-refractivity contribution >= 4 is 17.4 Å². The second-order valence-electron chi connectivity index (χ2n) is 7.61. The molecular formula is C25H19F2NO4. The number of Topliss-reactive ketones (excluding diaryl/α,β-unsaturated/α-hetero) is 1. The van der Waals surface area contributed by atoms with Crippen LogP contribution in [0, 0.1) is 18.6 Å². The normalized spacial score (nSPS) is 17.7. The van der Waals surface area contributed by atoms with Gasteiger partial charge in [-0.25, -0.2) is 8.78 Å². The monoisotopic (exact) mass is 435 g/mol. The van der Waals surface area contributed by atoms with E-state index in [1.165, 1.54) is 66.4 Å². The maximum Gasteiger partial charge on any atom is 0.295 e. The van der Waals surface area contributed by atoms with E-state index in [9.17, 15) is 28.6 Å². The fourth-order valence-electron chi connectivity index (χ4n) is 3.78. The molecule has 0 bridgehead atoms. The van der Waals surface area contributed by atoms with E-state index in [4.69, 9.17) is 0 Å². The molecule has 1 aliphatic rings. The minimum atomic E-state index is -0.953. The van der Waals surface area contributed by atoms with Gasteiger partial charge in [0, 0.05) is 12.1 Å². The first-order chi connectivity index (χ1) is 15.3. The van der Waals surface area contributed by atoms with Crippen LogP contribution in [0.5, 0.6) is 5.75 Å². The molecule has 4 rings (SSSR count). The van der Waals surface area contributed by atoms with Crippen molar-refractivity contribution in [2.45, 2.75) is 19.5 Å². The molecule has 1 amide bonds. The number of ketones is 1. The summed E-state index contributed by atoms with van der Waals surface area (Å²) in [6, 6.07) is 14.4. The molecule has 1 heterocycles. The van der Waals surface area contributed by atoms with Crippen LogP contribution >= 0.6 is 0 Å². The topological polar surface area (TPSA) is 77.8 Å². The molecule has 1 unspecified atom stereocenters. The van der Waals surface area contributed by atoms with Crippen molar-refractivity contribution in [2.24, 2.45) is 0 Å². The van der Waals surface area contributed by atoms with Gasteiger partial charge in [0.2, 0.25) is 0 Å². The van der Waals surface area contributed by atoms with Crippen molar-refractivity contribution in [3.05, 3.63) is 106 Å². The fraction of sp³-hybridized carbons (Fsp3) is 0.120. The molecule has 7 heteroatoms. The van der Waals surface area contributed by atoms with Gasteiger partial charge >= 0.3 is 0 Å². The maximum atomic E-state index is 13.7. The molecular weight excluding hydrogens is 416 g/mol. The van der Waals surface area contributed by atoms with E-state index in [1.807, 2.05) is 0 Å². The first-order valence-electron chi connectivity index (χ1n) is 9.84. The predicted molar refractivity (Wildman–Crippen MR) is 113 cm³/mol. The number of carbonyl (C=O) groups excluding carboxylic acids is 2. The number of aliphatic hydroxyl groups is 1. The first kappa shape index (κ1) is 21.2. The third-order valence-electron chi connectivity index (χ3n) is 5.45. The number of aromatic hydroxyl groups is 1. The van der Waals surface area contributed by atoms with Crippen LogP contribution in [0.15, 0.2) is 72.3 Å². The highest BCUT2D eigenvalue weighted by molar-refractivity contribution is 6.46. The van der Waals surface area contributed by atoms with Gasteiger partial charge in [0.15, 0.2) is 0 Å². The highest BCUT2D eigenvalue weighted by Crippen LogP contribution is 2.40. The number of phenols is 1. The van der Waals surface area contributed by atoms with Crippen molar-refractivity contribution in [1.29, 1.82) is 0 Å². The molecule has 3 aromatic rings. The lowest BCUT2D eigenvalue weighted by Crippen LogP contribution is -2.29. The number of benzene rings is 3. The van der Waals surface area contributed by atoms with Gasteiger partial charge < -0.3 is 15.1 Å². The highest BCUT2D eigenvalue weighted by Gasteiger charge is 2.46. The zero-order valence-electron chi connectivity index (χ0n) is 17.0. The van der Waals surface area contributed by atoms with Crippen molar-refractivity contribution in [3.63, 3.8) is 0 Å². The van der Waals surface area contributed by atoms with E-state index in [2.05, 4.69) is 0 Å². The van der Waals surface area contributed by atoms with E-state index >= 15 is 0 Å².